The standard InChI is InChI=1S/C25H24O7/c1-24(2)5-4-6-25(3)17(24)9-12-18-16(10-14(28)21(12)32-25)31-23-20(29)19-13(27)7-11(26)8-15(19)30-22(18)23/h7-8,10,17,26-27,29H,4-6,9H2,1-3H3/t17-,25+/m1/s1. The number of benzene rings is 2. The van der Waals surface area contributed by atoms with Gasteiger partial charge in [0.25, 0.3) is 0 Å². The SMILES string of the molecule is CC1(C)CCC[C@]2(C)Oc3c(c4c(cc3=O)oc3c(O)c5c(O)cc(O)cc5oc34)C[C@H]12. The number of phenols is 2. The predicted octanol–water partition coefficient (Wildman–Crippen LogP) is 5.33. The van der Waals surface area contributed by atoms with Crippen LogP contribution in [0.2, 0.25) is 0 Å². The first-order valence-electron chi connectivity index (χ1n) is 10.9. The van der Waals surface area contributed by atoms with Crippen molar-refractivity contribution in [3.8, 4) is 23.0 Å². The van der Waals surface area contributed by atoms with Crippen LogP contribution in [0.1, 0.15) is 45.6 Å². The molecule has 7 heteroatoms. The minimum Gasteiger partial charge on any atom is -0.508 e. The summed E-state index contributed by atoms with van der Waals surface area (Å²) in [5.74, 6) is -0.343. The Labute approximate surface area is 182 Å². The van der Waals surface area contributed by atoms with Crippen molar-refractivity contribution >= 4 is 33.1 Å². The normalized spacial score (nSPS) is 24.4. The molecule has 6 rings (SSSR count). The van der Waals surface area contributed by atoms with Crippen molar-refractivity contribution in [1.82, 2.24) is 0 Å². The lowest BCUT2D eigenvalue weighted by Gasteiger charge is -2.53. The van der Waals surface area contributed by atoms with Gasteiger partial charge in [-0.1, -0.05) is 13.8 Å². The van der Waals surface area contributed by atoms with Gasteiger partial charge >= 0.3 is 0 Å². The average Bonchev–Trinajstić information content (AvgIpc) is 3.05. The number of rotatable bonds is 0. The molecule has 3 N–H and O–H groups in total. The number of phenolic OH excluding ortho intramolecular Hbond substituents is 2. The van der Waals surface area contributed by atoms with Gasteiger partial charge in [-0.2, -0.15) is 0 Å². The van der Waals surface area contributed by atoms with Gasteiger partial charge in [0.15, 0.2) is 17.1 Å². The first kappa shape index (κ1) is 19.3. The summed E-state index contributed by atoms with van der Waals surface area (Å²) in [5, 5.41) is 31.6. The molecule has 0 spiro atoms. The van der Waals surface area contributed by atoms with E-state index < -0.39 is 5.60 Å². The van der Waals surface area contributed by atoms with E-state index in [0.29, 0.717) is 23.1 Å². The first-order chi connectivity index (χ1) is 15.1. The lowest BCUT2D eigenvalue weighted by Crippen LogP contribution is -2.54. The molecule has 0 saturated heterocycles. The molecule has 2 aliphatic rings. The molecule has 166 valence electrons. The van der Waals surface area contributed by atoms with Crippen molar-refractivity contribution in [3.63, 3.8) is 0 Å². The third kappa shape index (κ3) is 2.39. The van der Waals surface area contributed by atoms with E-state index in [-0.39, 0.29) is 56.1 Å². The smallest absolute Gasteiger partial charge is 0.224 e. The lowest BCUT2D eigenvalue weighted by atomic mass is 9.59. The Hall–Kier alpha value is -3.35. The monoisotopic (exact) mass is 436 g/mol. The lowest BCUT2D eigenvalue weighted by molar-refractivity contribution is -0.0818. The molecule has 7 nitrogen and oxygen atoms in total. The third-order valence-corrected chi connectivity index (χ3v) is 7.60. The molecule has 1 fully saturated rings. The Kier molecular flexibility index (Phi) is 3.57. The van der Waals surface area contributed by atoms with Gasteiger partial charge in [-0.15, -0.1) is 0 Å². The van der Waals surface area contributed by atoms with Crippen LogP contribution in [0.25, 0.3) is 33.1 Å². The maximum atomic E-state index is 13.0. The van der Waals surface area contributed by atoms with E-state index >= 15 is 0 Å². The third-order valence-electron chi connectivity index (χ3n) is 7.60. The van der Waals surface area contributed by atoms with Crippen LogP contribution >= 0.6 is 0 Å². The molecule has 0 amide bonds. The number of furan rings is 1. The molecular weight excluding hydrogens is 412 g/mol. The summed E-state index contributed by atoms with van der Waals surface area (Å²) in [6.07, 6.45) is 3.63. The van der Waals surface area contributed by atoms with E-state index in [2.05, 4.69) is 20.8 Å². The number of aromatic hydroxyl groups is 3. The van der Waals surface area contributed by atoms with Crippen LogP contribution in [-0.2, 0) is 6.42 Å². The molecule has 0 unspecified atom stereocenters. The average molecular weight is 436 g/mol. The summed E-state index contributed by atoms with van der Waals surface area (Å²) < 4.78 is 18.3. The van der Waals surface area contributed by atoms with Crippen LogP contribution in [0.5, 0.6) is 23.0 Å². The second-order valence-electron chi connectivity index (χ2n) is 10.1. The Bertz CT molecular complexity index is 1510. The highest BCUT2D eigenvalue weighted by molar-refractivity contribution is 6.11. The zero-order valence-corrected chi connectivity index (χ0v) is 18.1. The van der Waals surface area contributed by atoms with Crippen LogP contribution in [0.15, 0.2) is 31.8 Å². The summed E-state index contributed by atoms with van der Waals surface area (Å²) in [6, 6.07) is 3.80. The number of hydrogen-bond acceptors (Lipinski definition) is 7. The van der Waals surface area contributed by atoms with Gasteiger partial charge in [0.1, 0.15) is 33.7 Å². The second kappa shape index (κ2) is 5.91. The van der Waals surface area contributed by atoms with Gasteiger partial charge in [0.05, 0.1) is 5.39 Å². The zero-order valence-electron chi connectivity index (χ0n) is 18.1. The summed E-state index contributed by atoms with van der Waals surface area (Å²) in [7, 11) is 0. The predicted molar refractivity (Wildman–Crippen MR) is 119 cm³/mol. The molecule has 32 heavy (non-hydrogen) atoms. The summed E-state index contributed by atoms with van der Waals surface area (Å²) >= 11 is 0. The summed E-state index contributed by atoms with van der Waals surface area (Å²) in [4.78, 5) is 13.0. The van der Waals surface area contributed by atoms with Gasteiger partial charge in [-0.3, -0.25) is 4.79 Å². The van der Waals surface area contributed by atoms with Gasteiger partial charge < -0.3 is 28.9 Å². The Morgan fingerprint density at radius 1 is 0.938 bits per heavy atom. The molecule has 1 aliphatic heterocycles. The Balaban J connectivity index is 1.71. The van der Waals surface area contributed by atoms with Crippen LogP contribution in [0.4, 0.5) is 0 Å². The van der Waals surface area contributed by atoms with Gasteiger partial charge in [-0.25, -0.2) is 0 Å². The molecular formula is C25H24O7. The topological polar surface area (TPSA) is 113 Å². The number of ether oxygens (including phenoxy) is 1. The maximum Gasteiger partial charge on any atom is 0.224 e. The number of hydrogen-bond donors (Lipinski definition) is 3. The van der Waals surface area contributed by atoms with Crippen molar-refractivity contribution in [2.75, 3.05) is 0 Å². The van der Waals surface area contributed by atoms with E-state index in [1.165, 1.54) is 12.1 Å². The fraction of sp³-hybridized carbons (Fsp3) is 0.400. The first-order valence-corrected chi connectivity index (χ1v) is 10.9. The fourth-order valence-corrected chi connectivity index (χ4v) is 6.08. The highest BCUT2D eigenvalue weighted by Crippen LogP contribution is 2.54. The van der Waals surface area contributed by atoms with Crippen LogP contribution in [-0.4, -0.2) is 20.9 Å². The fourth-order valence-electron chi connectivity index (χ4n) is 6.08. The van der Waals surface area contributed by atoms with Crippen molar-refractivity contribution in [3.05, 3.63) is 34.0 Å². The van der Waals surface area contributed by atoms with Crippen LogP contribution in [0, 0.1) is 11.3 Å². The minimum absolute atomic E-state index is 0.0268. The number of fused-ring (bicyclic) bond motifs is 7. The van der Waals surface area contributed by atoms with Gasteiger partial charge in [0, 0.05) is 29.7 Å². The Morgan fingerprint density at radius 3 is 2.44 bits per heavy atom. The molecule has 2 aromatic heterocycles. The molecule has 1 aliphatic carbocycles. The summed E-state index contributed by atoms with van der Waals surface area (Å²) in [5.41, 5.74) is 0.751. The van der Waals surface area contributed by atoms with Gasteiger partial charge in [0.2, 0.25) is 11.0 Å². The largest absolute Gasteiger partial charge is 0.508 e. The highest BCUT2D eigenvalue weighted by Gasteiger charge is 2.51. The van der Waals surface area contributed by atoms with Crippen LogP contribution in [0.3, 0.4) is 0 Å². The molecule has 2 atom stereocenters. The maximum absolute atomic E-state index is 13.0. The molecule has 4 aromatic rings. The quantitative estimate of drug-likeness (QED) is 0.341. The van der Waals surface area contributed by atoms with Gasteiger partial charge in [-0.05, 0) is 38.0 Å². The molecule has 0 radical (unpaired) electrons. The summed E-state index contributed by atoms with van der Waals surface area (Å²) in [6.45, 7) is 6.57. The van der Waals surface area contributed by atoms with E-state index in [0.717, 1.165) is 30.9 Å². The van der Waals surface area contributed by atoms with E-state index in [4.69, 9.17) is 13.6 Å². The zero-order chi connectivity index (χ0) is 22.6. The highest BCUT2D eigenvalue weighted by atomic mass is 16.5. The minimum atomic E-state index is -0.426. The Morgan fingerprint density at radius 2 is 1.66 bits per heavy atom. The van der Waals surface area contributed by atoms with Crippen molar-refractivity contribution in [2.45, 2.75) is 52.1 Å². The van der Waals surface area contributed by atoms with Crippen molar-refractivity contribution < 1.29 is 28.9 Å². The second-order valence-corrected chi connectivity index (χ2v) is 10.1. The van der Waals surface area contributed by atoms with E-state index in [9.17, 15) is 20.1 Å². The molecule has 1 saturated carbocycles. The van der Waals surface area contributed by atoms with E-state index in [1.54, 1.807) is 0 Å². The van der Waals surface area contributed by atoms with E-state index in [1.807, 2.05) is 0 Å². The van der Waals surface area contributed by atoms with Crippen LogP contribution < -0.4 is 10.2 Å². The van der Waals surface area contributed by atoms with Crippen molar-refractivity contribution in [2.24, 2.45) is 11.3 Å². The van der Waals surface area contributed by atoms with Crippen molar-refractivity contribution in [1.29, 1.82) is 0 Å². The molecule has 3 heterocycles. The molecule has 0 bridgehead atoms. The molecule has 2 aromatic carbocycles.